The van der Waals surface area contributed by atoms with E-state index in [4.69, 9.17) is 9.72 Å². The van der Waals surface area contributed by atoms with Crippen LogP contribution in [0.3, 0.4) is 0 Å². The van der Waals surface area contributed by atoms with Gasteiger partial charge in [-0.2, -0.15) is 0 Å². The van der Waals surface area contributed by atoms with E-state index in [-0.39, 0.29) is 29.0 Å². The molecule has 1 amide bonds. The fourth-order valence-electron chi connectivity index (χ4n) is 5.04. The maximum absolute atomic E-state index is 11.6. The van der Waals surface area contributed by atoms with E-state index < -0.39 is 6.10 Å². The molecule has 0 bridgehead atoms. The van der Waals surface area contributed by atoms with Gasteiger partial charge in [-0.05, 0) is 43.6 Å². The van der Waals surface area contributed by atoms with Crippen LogP contribution in [0.1, 0.15) is 77.1 Å². The van der Waals surface area contributed by atoms with Crippen LogP contribution in [0.5, 0.6) is 5.75 Å². The lowest BCUT2D eigenvalue weighted by atomic mass is 9.72. The third-order valence-corrected chi connectivity index (χ3v) is 7.49. The van der Waals surface area contributed by atoms with Crippen LogP contribution in [0.15, 0.2) is 30.3 Å². The Labute approximate surface area is 218 Å². The molecule has 36 heavy (non-hydrogen) atoms. The Morgan fingerprint density at radius 1 is 1.42 bits per heavy atom. The predicted molar refractivity (Wildman–Crippen MR) is 144 cm³/mol. The summed E-state index contributed by atoms with van der Waals surface area (Å²) in [5.41, 5.74) is 1.89. The Kier molecular flexibility index (Phi) is 8.02. The summed E-state index contributed by atoms with van der Waals surface area (Å²) in [4.78, 5) is 21.0. The molecule has 3 atom stereocenters. The summed E-state index contributed by atoms with van der Waals surface area (Å²) in [6, 6.07) is 1.75. The number of pyridine rings is 1. The number of carbonyl (C=O) groups is 1. The Bertz CT molecular complexity index is 1060. The zero-order chi connectivity index (χ0) is 25.9. The lowest BCUT2D eigenvalue weighted by Crippen LogP contribution is -2.51. The number of hydrogen-bond donors (Lipinski definition) is 4. The number of amides is 1. The molecule has 0 aromatic carbocycles. The van der Waals surface area contributed by atoms with Gasteiger partial charge in [0.2, 0.25) is 5.91 Å². The van der Waals surface area contributed by atoms with Crippen LogP contribution in [0.25, 0.3) is 0 Å². The van der Waals surface area contributed by atoms with Gasteiger partial charge in [0.1, 0.15) is 5.60 Å². The van der Waals surface area contributed by atoms with Crippen LogP contribution in [-0.4, -0.2) is 45.3 Å². The molecular formula is C27H39N5O3S. The van der Waals surface area contributed by atoms with Crippen molar-refractivity contribution >= 4 is 28.2 Å². The number of aliphatic hydroxyl groups is 1. The second-order valence-corrected chi connectivity index (χ2v) is 12.2. The molecule has 4 rings (SSSR count). The molecule has 4 N–H and O–H groups in total. The zero-order valence-electron chi connectivity index (χ0n) is 21.8. The fourth-order valence-corrected chi connectivity index (χ4v) is 5.57. The van der Waals surface area contributed by atoms with Gasteiger partial charge in [-0.25, -0.2) is 9.97 Å². The highest BCUT2D eigenvalue weighted by molar-refractivity contribution is 7.13. The van der Waals surface area contributed by atoms with Crippen LogP contribution in [-0.2, 0) is 11.2 Å². The zero-order valence-corrected chi connectivity index (χ0v) is 22.6. The van der Waals surface area contributed by atoms with Crippen molar-refractivity contribution in [1.82, 2.24) is 20.6 Å². The number of rotatable bonds is 10. The third-order valence-electron chi connectivity index (χ3n) is 6.81. The first kappa shape index (κ1) is 26.6. The Balaban J connectivity index is 1.65. The minimum atomic E-state index is -0.751. The maximum atomic E-state index is 11.6. The first-order valence-corrected chi connectivity index (χ1v) is 13.6. The molecule has 2 aromatic heterocycles. The van der Waals surface area contributed by atoms with Crippen LogP contribution < -0.4 is 20.7 Å². The molecule has 196 valence electrons. The first-order valence-electron chi connectivity index (χ1n) is 12.8. The van der Waals surface area contributed by atoms with E-state index in [0.717, 1.165) is 54.2 Å². The number of ether oxygens (including phenoxy) is 1. The summed E-state index contributed by atoms with van der Waals surface area (Å²) in [6.45, 7) is 12.2. The lowest BCUT2D eigenvalue weighted by Gasteiger charge is -2.48. The van der Waals surface area contributed by atoms with Gasteiger partial charge in [-0.15, -0.1) is 17.9 Å². The van der Waals surface area contributed by atoms with Gasteiger partial charge >= 0.3 is 0 Å². The SMILES string of the molecule is C=CC[C@H](NC(C)=O)[C@H](O)CN[C@H]1CC2(CCC2)Oc2c1cc(CC(C)(C)C)nc2Nc1nccs1. The van der Waals surface area contributed by atoms with Crippen molar-refractivity contribution in [2.24, 2.45) is 5.41 Å². The van der Waals surface area contributed by atoms with E-state index in [9.17, 15) is 9.90 Å². The van der Waals surface area contributed by atoms with Crippen molar-refractivity contribution in [3.05, 3.63) is 41.6 Å². The number of nitrogens with one attached hydrogen (secondary N) is 3. The third kappa shape index (κ3) is 6.44. The van der Waals surface area contributed by atoms with Crippen molar-refractivity contribution in [3.63, 3.8) is 0 Å². The molecule has 0 radical (unpaired) electrons. The summed E-state index contributed by atoms with van der Waals surface area (Å²) in [5.74, 6) is 1.30. The molecular weight excluding hydrogens is 474 g/mol. The van der Waals surface area contributed by atoms with E-state index in [1.165, 1.54) is 18.3 Å². The standard InChI is InChI=1S/C27H39N5O3S/c1-6-8-20(30-17(2)33)22(34)16-29-21-15-27(9-7-10-27)35-23-19(21)13-18(14-26(3,4)5)31-24(23)32-25-28-11-12-36-25/h6,11-13,20-22,29,34H,1,7-10,14-16H2,2-5H3,(H,30,33)(H,28,31,32)/t20-,21-,22+/m0/s1. The topological polar surface area (TPSA) is 108 Å². The molecule has 1 aliphatic carbocycles. The first-order chi connectivity index (χ1) is 17.1. The van der Waals surface area contributed by atoms with Crippen molar-refractivity contribution in [2.75, 3.05) is 11.9 Å². The van der Waals surface area contributed by atoms with Crippen molar-refractivity contribution in [1.29, 1.82) is 0 Å². The van der Waals surface area contributed by atoms with Gasteiger partial charge in [-0.3, -0.25) is 4.79 Å². The molecule has 8 nitrogen and oxygen atoms in total. The van der Waals surface area contributed by atoms with E-state index in [2.05, 4.69) is 54.4 Å². The highest BCUT2D eigenvalue weighted by Gasteiger charge is 2.47. The minimum absolute atomic E-state index is 0.0102. The molecule has 1 spiro atoms. The fraction of sp³-hybridized carbons (Fsp3) is 0.593. The number of carbonyl (C=O) groups excluding carboxylic acids is 1. The van der Waals surface area contributed by atoms with Gasteiger partial charge in [0.15, 0.2) is 16.7 Å². The van der Waals surface area contributed by atoms with Gasteiger partial charge in [-0.1, -0.05) is 26.8 Å². The van der Waals surface area contributed by atoms with Crippen molar-refractivity contribution in [3.8, 4) is 5.75 Å². The molecule has 3 heterocycles. The number of nitrogens with zero attached hydrogens (tertiary/aromatic N) is 2. The number of aliphatic hydroxyl groups excluding tert-OH is 1. The van der Waals surface area contributed by atoms with E-state index >= 15 is 0 Å². The quantitative estimate of drug-likeness (QED) is 0.343. The van der Waals surface area contributed by atoms with E-state index in [1.807, 2.05) is 5.38 Å². The van der Waals surface area contributed by atoms with E-state index in [0.29, 0.717) is 18.8 Å². The minimum Gasteiger partial charge on any atom is -0.483 e. The number of anilines is 2. The summed E-state index contributed by atoms with van der Waals surface area (Å²) in [6.07, 6.45) is 8.02. The monoisotopic (exact) mass is 513 g/mol. The molecule has 0 saturated heterocycles. The number of aromatic nitrogens is 2. The Hall–Kier alpha value is -2.49. The van der Waals surface area contributed by atoms with Gasteiger partial charge < -0.3 is 25.8 Å². The highest BCUT2D eigenvalue weighted by Crippen LogP contribution is 2.51. The summed E-state index contributed by atoms with van der Waals surface area (Å²) >= 11 is 1.53. The van der Waals surface area contributed by atoms with Crippen LogP contribution in [0.2, 0.25) is 0 Å². The normalized spacial score (nSPS) is 20.0. The molecule has 2 aliphatic rings. The lowest BCUT2D eigenvalue weighted by molar-refractivity contribution is -0.120. The van der Waals surface area contributed by atoms with Gasteiger partial charge in [0, 0.05) is 48.8 Å². The average molecular weight is 514 g/mol. The molecule has 0 unspecified atom stereocenters. The second-order valence-electron chi connectivity index (χ2n) is 11.3. The molecule has 2 aromatic rings. The predicted octanol–water partition coefficient (Wildman–Crippen LogP) is 4.65. The second kappa shape index (κ2) is 10.9. The Morgan fingerprint density at radius 2 is 2.19 bits per heavy atom. The smallest absolute Gasteiger partial charge is 0.217 e. The molecule has 1 saturated carbocycles. The van der Waals surface area contributed by atoms with Gasteiger partial charge in [0.25, 0.3) is 0 Å². The van der Waals surface area contributed by atoms with Crippen LogP contribution in [0.4, 0.5) is 10.9 Å². The maximum Gasteiger partial charge on any atom is 0.217 e. The number of thiazole rings is 1. The highest BCUT2D eigenvalue weighted by atomic mass is 32.1. The van der Waals surface area contributed by atoms with Crippen LogP contribution in [0, 0.1) is 5.41 Å². The summed E-state index contributed by atoms with van der Waals surface area (Å²) in [5, 5.41) is 23.5. The molecule has 9 heteroatoms. The van der Waals surface area contributed by atoms with Crippen molar-refractivity contribution in [2.45, 2.75) is 90.0 Å². The average Bonchev–Trinajstić information content (AvgIpc) is 3.27. The van der Waals surface area contributed by atoms with Gasteiger partial charge in [0.05, 0.1) is 12.1 Å². The largest absolute Gasteiger partial charge is 0.483 e. The van der Waals surface area contributed by atoms with Crippen molar-refractivity contribution < 1.29 is 14.6 Å². The summed E-state index contributed by atoms with van der Waals surface area (Å²) in [7, 11) is 0. The summed E-state index contributed by atoms with van der Waals surface area (Å²) < 4.78 is 6.68. The number of hydrogen-bond acceptors (Lipinski definition) is 8. The van der Waals surface area contributed by atoms with E-state index in [1.54, 1.807) is 12.3 Å². The number of fused-ring (bicyclic) bond motifs is 1. The molecule has 1 aliphatic heterocycles. The Morgan fingerprint density at radius 3 is 2.78 bits per heavy atom. The van der Waals surface area contributed by atoms with Crippen LogP contribution >= 0.6 is 11.3 Å². The molecule has 1 fully saturated rings.